The van der Waals surface area contributed by atoms with Gasteiger partial charge in [-0.15, -0.1) is 0 Å². The van der Waals surface area contributed by atoms with Gasteiger partial charge in [0.15, 0.2) is 0 Å². The van der Waals surface area contributed by atoms with E-state index in [9.17, 15) is 4.79 Å². The SMILES string of the molecule is CC(C)CC(CN)C(=O)NC1CCN(C2CC2)CC1. The average Bonchev–Trinajstić information content (AvgIpc) is 3.20. The predicted octanol–water partition coefficient (Wildman–Crippen LogP) is 1.35. The highest BCUT2D eigenvalue weighted by Gasteiger charge is 2.32. The Hall–Kier alpha value is -0.610. The van der Waals surface area contributed by atoms with Gasteiger partial charge in [-0.1, -0.05) is 13.8 Å². The number of carbonyl (C=O) groups excluding carboxylic acids is 1. The van der Waals surface area contributed by atoms with Crippen molar-refractivity contribution in [2.24, 2.45) is 17.6 Å². The topological polar surface area (TPSA) is 58.4 Å². The molecule has 0 radical (unpaired) electrons. The lowest BCUT2D eigenvalue weighted by Crippen LogP contribution is -2.47. The summed E-state index contributed by atoms with van der Waals surface area (Å²) in [7, 11) is 0. The van der Waals surface area contributed by atoms with Crippen molar-refractivity contribution in [3.63, 3.8) is 0 Å². The number of likely N-dealkylation sites (tertiary alicyclic amines) is 1. The summed E-state index contributed by atoms with van der Waals surface area (Å²) in [5.41, 5.74) is 5.73. The van der Waals surface area contributed by atoms with Crippen molar-refractivity contribution in [2.75, 3.05) is 19.6 Å². The lowest BCUT2D eigenvalue weighted by atomic mass is 9.95. The van der Waals surface area contributed by atoms with E-state index in [1.807, 2.05) is 0 Å². The number of rotatable bonds is 6. The number of nitrogens with two attached hydrogens (primary N) is 1. The molecule has 1 aliphatic heterocycles. The molecule has 1 aliphatic carbocycles. The van der Waals surface area contributed by atoms with E-state index >= 15 is 0 Å². The first-order valence-corrected chi connectivity index (χ1v) is 7.84. The van der Waals surface area contributed by atoms with Gasteiger partial charge in [0.2, 0.25) is 5.91 Å². The van der Waals surface area contributed by atoms with Gasteiger partial charge in [0, 0.05) is 31.7 Å². The first-order valence-electron chi connectivity index (χ1n) is 7.84. The molecule has 1 unspecified atom stereocenters. The number of amides is 1. The molecule has 1 atom stereocenters. The van der Waals surface area contributed by atoms with Gasteiger partial charge in [-0.25, -0.2) is 0 Å². The van der Waals surface area contributed by atoms with Crippen molar-refractivity contribution in [3.8, 4) is 0 Å². The Balaban J connectivity index is 1.72. The van der Waals surface area contributed by atoms with E-state index in [0.717, 1.165) is 38.4 Å². The Morgan fingerprint density at radius 3 is 2.37 bits per heavy atom. The highest BCUT2D eigenvalue weighted by molar-refractivity contribution is 5.79. The van der Waals surface area contributed by atoms with Crippen LogP contribution in [0.15, 0.2) is 0 Å². The first-order chi connectivity index (χ1) is 9.10. The molecule has 3 N–H and O–H groups in total. The number of carbonyl (C=O) groups is 1. The average molecular weight is 267 g/mol. The Labute approximate surface area is 117 Å². The van der Waals surface area contributed by atoms with Crippen molar-refractivity contribution >= 4 is 5.91 Å². The molecule has 4 heteroatoms. The lowest BCUT2D eigenvalue weighted by Gasteiger charge is -2.33. The van der Waals surface area contributed by atoms with E-state index in [2.05, 4.69) is 24.1 Å². The second-order valence-electron chi connectivity index (χ2n) is 6.61. The molecule has 1 amide bonds. The summed E-state index contributed by atoms with van der Waals surface area (Å²) >= 11 is 0. The fourth-order valence-corrected chi connectivity index (χ4v) is 3.05. The second-order valence-corrected chi connectivity index (χ2v) is 6.61. The van der Waals surface area contributed by atoms with Gasteiger partial charge < -0.3 is 16.0 Å². The van der Waals surface area contributed by atoms with Crippen LogP contribution in [0.1, 0.15) is 46.0 Å². The molecule has 19 heavy (non-hydrogen) atoms. The quantitative estimate of drug-likeness (QED) is 0.764. The molecule has 1 heterocycles. The summed E-state index contributed by atoms with van der Waals surface area (Å²) in [4.78, 5) is 14.8. The summed E-state index contributed by atoms with van der Waals surface area (Å²) in [5, 5.41) is 3.21. The third kappa shape index (κ3) is 4.46. The number of piperidine rings is 1. The van der Waals surface area contributed by atoms with Crippen molar-refractivity contribution in [1.29, 1.82) is 0 Å². The third-order valence-electron chi connectivity index (χ3n) is 4.35. The maximum atomic E-state index is 12.2. The van der Waals surface area contributed by atoms with E-state index < -0.39 is 0 Å². The van der Waals surface area contributed by atoms with E-state index in [1.54, 1.807) is 0 Å². The van der Waals surface area contributed by atoms with Gasteiger partial charge in [-0.3, -0.25) is 4.79 Å². The molecule has 1 saturated carbocycles. The van der Waals surface area contributed by atoms with Gasteiger partial charge in [0.05, 0.1) is 5.92 Å². The summed E-state index contributed by atoms with van der Waals surface area (Å²) in [6.07, 6.45) is 5.84. The maximum absolute atomic E-state index is 12.2. The molecule has 0 spiro atoms. The molecule has 0 aromatic heterocycles. The second kappa shape index (κ2) is 6.71. The highest BCUT2D eigenvalue weighted by Crippen LogP contribution is 2.29. The Bertz CT molecular complexity index is 294. The van der Waals surface area contributed by atoms with Crippen molar-refractivity contribution in [1.82, 2.24) is 10.2 Å². The largest absolute Gasteiger partial charge is 0.353 e. The molecule has 110 valence electrons. The maximum Gasteiger partial charge on any atom is 0.224 e. The minimum Gasteiger partial charge on any atom is -0.353 e. The molecule has 0 aromatic rings. The minimum atomic E-state index is -0.0125. The zero-order valence-electron chi connectivity index (χ0n) is 12.4. The van der Waals surface area contributed by atoms with Gasteiger partial charge in [-0.05, 0) is 38.0 Å². The lowest BCUT2D eigenvalue weighted by molar-refractivity contribution is -0.126. The predicted molar refractivity (Wildman–Crippen MR) is 77.8 cm³/mol. The Kier molecular flexibility index (Phi) is 5.22. The van der Waals surface area contributed by atoms with Gasteiger partial charge in [0.25, 0.3) is 0 Å². The first kappa shape index (κ1) is 14.8. The molecular weight excluding hydrogens is 238 g/mol. The van der Waals surface area contributed by atoms with Crippen LogP contribution in [0, 0.1) is 11.8 Å². The van der Waals surface area contributed by atoms with E-state index in [1.165, 1.54) is 12.8 Å². The summed E-state index contributed by atoms with van der Waals surface area (Å²) in [6, 6.07) is 1.22. The number of hydrogen-bond donors (Lipinski definition) is 2. The van der Waals surface area contributed by atoms with Crippen LogP contribution >= 0.6 is 0 Å². The Morgan fingerprint density at radius 1 is 1.26 bits per heavy atom. The molecule has 0 bridgehead atoms. The molecule has 2 fully saturated rings. The van der Waals surface area contributed by atoms with Crippen LogP contribution in [-0.2, 0) is 4.79 Å². The van der Waals surface area contributed by atoms with Crippen LogP contribution in [0.4, 0.5) is 0 Å². The number of hydrogen-bond acceptors (Lipinski definition) is 3. The van der Waals surface area contributed by atoms with Crippen LogP contribution < -0.4 is 11.1 Å². The Morgan fingerprint density at radius 2 is 1.89 bits per heavy atom. The molecular formula is C15H29N3O. The summed E-state index contributed by atoms with van der Waals surface area (Å²) in [5.74, 6) is 0.679. The fraction of sp³-hybridized carbons (Fsp3) is 0.933. The smallest absolute Gasteiger partial charge is 0.224 e. The zero-order valence-corrected chi connectivity index (χ0v) is 12.4. The normalized spacial score (nSPS) is 23.6. The minimum absolute atomic E-state index is 0.0125. The van der Waals surface area contributed by atoms with Crippen molar-refractivity contribution < 1.29 is 4.79 Å². The summed E-state index contributed by atoms with van der Waals surface area (Å²) < 4.78 is 0. The molecule has 4 nitrogen and oxygen atoms in total. The van der Waals surface area contributed by atoms with E-state index in [-0.39, 0.29) is 11.8 Å². The summed E-state index contributed by atoms with van der Waals surface area (Å²) in [6.45, 7) is 7.04. The van der Waals surface area contributed by atoms with Crippen LogP contribution in [0.3, 0.4) is 0 Å². The van der Waals surface area contributed by atoms with Gasteiger partial charge in [0.1, 0.15) is 0 Å². The zero-order chi connectivity index (χ0) is 13.8. The van der Waals surface area contributed by atoms with E-state index in [4.69, 9.17) is 5.73 Å². The fourth-order valence-electron chi connectivity index (χ4n) is 3.05. The van der Waals surface area contributed by atoms with Crippen molar-refractivity contribution in [2.45, 2.75) is 58.0 Å². The third-order valence-corrected chi connectivity index (χ3v) is 4.35. The number of nitrogens with one attached hydrogen (secondary N) is 1. The van der Waals surface area contributed by atoms with Crippen LogP contribution in [0.5, 0.6) is 0 Å². The van der Waals surface area contributed by atoms with Crippen LogP contribution in [0.2, 0.25) is 0 Å². The molecule has 2 rings (SSSR count). The monoisotopic (exact) mass is 267 g/mol. The molecule has 2 aliphatic rings. The van der Waals surface area contributed by atoms with E-state index in [0.29, 0.717) is 18.5 Å². The molecule has 1 saturated heterocycles. The molecule has 0 aromatic carbocycles. The number of nitrogens with zero attached hydrogens (tertiary/aromatic N) is 1. The van der Waals surface area contributed by atoms with Gasteiger partial charge in [-0.2, -0.15) is 0 Å². The highest BCUT2D eigenvalue weighted by atomic mass is 16.1. The van der Waals surface area contributed by atoms with Crippen LogP contribution in [-0.4, -0.2) is 42.5 Å². The van der Waals surface area contributed by atoms with Crippen molar-refractivity contribution in [3.05, 3.63) is 0 Å². The van der Waals surface area contributed by atoms with Gasteiger partial charge >= 0.3 is 0 Å². The van der Waals surface area contributed by atoms with Crippen LogP contribution in [0.25, 0.3) is 0 Å². The standard InChI is InChI=1S/C15H29N3O/c1-11(2)9-12(10-16)15(19)17-13-5-7-18(8-6-13)14-3-4-14/h11-14H,3-10,16H2,1-2H3,(H,17,19).